The molecule has 8 heteroatoms. The van der Waals surface area contributed by atoms with Crippen molar-refractivity contribution in [1.29, 1.82) is 0 Å². The molecule has 0 aliphatic heterocycles. The Morgan fingerprint density at radius 3 is 2.43 bits per heavy atom. The number of thiophene rings is 1. The van der Waals surface area contributed by atoms with E-state index >= 15 is 0 Å². The lowest BCUT2D eigenvalue weighted by molar-refractivity contribution is -0.140. The van der Waals surface area contributed by atoms with Crippen LogP contribution in [0.15, 0.2) is 35.7 Å². The van der Waals surface area contributed by atoms with Crippen LogP contribution in [0.4, 0.5) is 17.6 Å². The van der Waals surface area contributed by atoms with Gasteiger partial charge in [0.2, 0.25) is 0 Å². The third kappa shape index (κ3) is 5.21. The summed E-state index contributed by atoms with van der Waals surface area (Å²) in [6.07, 6.45) is -1.13. The maximum Gasteiger partial charge on any atom is 0.420 e. The van der Waals surface area contributed by atoms with E-state index in [2.05, 4.69) is 41.8 Å². The highest BCUT2D eigenvalue weighted by molar-refractivity contribution is 7.10. The zero-order valence-electron chi connectivity index (χ0n) is 17.0. The van der Waals surface area contributed by atoms with E-state index in [9.17, 15) is 22.4 Å². The van der Waals surface area contributed by atoms with Gasteiger partial charge >= 0.3 is 6.18 Å². The van der Waals surface area contributed by atoms with Gasteiger partial charge in [-0.25, -0.2) is 4.39 Å². The highest BCUT2D eigenvalue weighted by atomic mass is 32.1. The average molecular weight is 443 g/mol. The van der Waals surface area contributed by atoms with Crippen LogP contribution in [-0.2, 0) is 6.18 Å². The average Bonchev–Trinajstić information content (AvgIpc) is 3.20. The predicted octanol–water partition coefficient (Wildman–Crippen LogP) is 5.75. The van der Waals surface area contributed by atoms with Gasteiger partial charge in [-0.2, -0.15) is 13.2 Å². The molecule has 1 aliphatic rings. The molecule has 1 aromatic heterocycles. The lowest BCUT2D eigenvalue weighted by Crippen LogP contribution is -2.35. The molecule has 164 valence electrons. The Labute approximate surface area is 178 Å². The van der Waals surface area contributed by atoms with Crippen LogP contribution in [0.5, 0.6) is 0 Å². The Hall–Kier alpha value is -1.93. The molecule has 0 spiro atoms. The maximum atomic E-state index is 13.7. The van der Waals surface area contributed by atoms with E-state index < -0.39 is 29.0 Å². The monoisotopic (exact) mass is 442 g/mol. The van der Waals surface area contributed by atoms with Crippen molar-refractivity contribution in [2.24, 2.45) is 11.8 Å². The van der Waals surface area contributed by atoms with Crippen molar-refractivity contribution in [3.05, 3.63) is 57.5 Å². The van der Waals surface area contributed by atoms with Crippen molar-refractivity contribution in [2.45, 2.75) is 37.9 Å². The fourth-order valence-electron chi connectivity index (χ4n) is 4.41. The number of carbonyl (C=O) groups excluding carboxylic acids is 1. The van der Waals surface area contributed by atoms with Crippen molar-refractivity contribution in [3.63, 3.8) is 0 Å². The molecule has 1 saturated carbocycles. The van der Waals surface area contributed by atoms with Gasteiger partial charge in [-0.15, -0.1) is 11.3 Å². The van der Waals surface area contributed by atoms with Crippen LogP contribution in [0.25, 0.3) is 0 Å². The van der Waals surface area contributed by atoms with Crippen LogP contribution in [0.3, 0.4) is 0 Å². The van der Waals surface area contributed by atoms with Crippen molar-refractivity contribution in [3.8, 4) is 0 Å². The SMILES string of the molecule is CN(C)C(c1cccs1)C1CCC(CNC(=O)c2cccc(F)c2C(F)(F)F)CC1. The fraction of sp³-hybridized carbons (Fsp3) is 0.500. The Bertz CT molecular complexity index is 843. The first-order chi connectivity index (χ1) is 14.2. The van der Waals surface area contributed by atoms with Crippen molar-refractivity contribution in [2.75, 3.05) is 20.6 Å². The summed E-state index contributed by atoms with van der Waals surface area (Å²) in [6, 6.07) is 7.41. The second-order valence-electron chi connectivity index (χ2n) is 8.07. The summed E-state index contributed by atoms with van der Waals surface area (Å²) < 4.78 is 53.1. The van der Waals surface area contributed by atoms with Crippen LogP contribution >= 0.6 is 11.3 Å². The van der Waals surface area contributed by atoms with Crippen molar-refractivity contribution in [1.82, 2.24) is 10.2 Å². The molecule has 1 atom stereocenters. The molecule has 1 heterocycles. The molecule has 3 nitrogen and oxygen atoms in total. The standard InChI is InChI=1S/C22H26F4N2OS/c1-28(2)20(18-7-4-12-30-18)15-10-8-14(9-11-15)13-27-21(29)16-5-3-6-17(23)19(16)22(24,25)26/h3-7,12,14-15,20H,8-11,13H2,1-2H3,(H,27,29). The molecule has 30 heavy (non-hydrogen) atoms. The molecule has 1 unspecified atom stereocenters. The molecule has 1 fully saturated rings. The lowest BCUT2D eigenvalue weighted by Gasteiger charge is -2.37. The van der Waals surface area contributed by atoms with E-state index in [0.29, 0.717) is 18.5 Å². The smallest absolute Gasteiger partial charge is 0.352 e. The molecule has 1 amide bonds. The fourth-order valence-corrected chi connectivity index (χ4v) is 5.42. The predicted molar refractivity (Wildman–Crippen MR) is 110 cm³/mol. The summed E-state index contributed by atoms with van der Waals surface area (Å²) in [5, 5.41) is 4.67. The lowest BCUT2D eigenvalue weighted by atomic mass is 9.77. The van der Waals surface area contributed by atoms with Gasteiger partial charge in [-0.1, -0.05) is 12.1 Å². The van der Waals surface area contributed by atoms with Crippen LogP contribution in [0, 0.1) is 17.7 Å². The maximum absolute atomic E-state index is 13.7. The molecule has 0 radical (unpaired) electrons. The summed E-state index contributed by atoms with van der Waals surface area (Å²) in [4.78, 5) is 15.9. The number of alkyl halides is 3. The Kier molecular flexibility index (Phi) is 7.18. The van der Waals surface area contributed by atoms with Crippen molar-refractivity contribution >= 4 is 17.2 Å². The summed E-state index contributed by atoms with van der Waals surface area (Å²) in [7, 11) is 4.15. The largest absolute Gasteiger partial charge is 0.420 e. The Balaban J connectivity index is 1.58. The summed E-state index contributed by atoms with van der Waals surface area (Å²) >= 11 is 1.75. The Morgan fingerprint density at radius 2 is 1.87 bits per heavy atom. The summed E-state index contributed by atoms with van der Waals surface area (Å²) in [5.74, 6) is -1.60. The highest BCUT2D eigenvalue weighted by Gasteiger charge is 2.38. The minimum absolute atomic E-state index is 0.208. The number of hydrogen-bond acceptors (Lipinski definition) is 3. The first-order valence-electron chi connectivity index (χ1n) is 10.0. The van der Waals surface area contributed by atoms with Gasteiger partial charge in [0.25, 0.3) is 5.91 Å². The topological polar surface area (TPSA) is 32.3 Å². The van der Waals surface area contributed by atoms with E-state index in [0.717, 1.165) is 43.9 Å². The van der Waals surface area contributed by atoms with Crippen LogP contribution in [-0.4, -0.2) is 31.4 Å². The number of nitrogens with zero attached hydrogens (tertiary/aromatic N) is 1. The molecule has 0 saturated heterocycles. The van der Waals surface area contributed by atoms with Crippen molar-refractivity contribution < 1.29 is 22.4 Å². The minimum Gasteiger partial charge on any atom is -0.352 e. The van der Waals surface area contributed by atoms with Gasteiger partial charge in [0.15, 0.2) is 0 Å². The molecule has 0 bridgehead atoms. The number of hydrogen-bond donors (Lipinski definition) is 1. The number of amides is 1. The number of nitrogens with one attached hydrogen (secondary N) is 1. The second kappa shape index (κ2) is 9.47. The molecule has 1 aromatic carbocycles. The van der Waals surface area contributed by atoms with Gasteiger partial charge in [-0.3, -0.25) is 4.79 Å². The van der Waals surface area contributed by atoms with Crippen LogP contribution in [0.1, 0.15) is 52.5 Å². The van der Waals surface area contributed by atoms with Crippen LogP contribution in [0.2, 0.25) is 0 Å². The third-order valence-electron chi connectivity index (χ3n) is 5.82. The number of carbonyl (C=O) groups is 1. The normalized spacial score (nSPS) is 20.9. The third-order valence-corrected chi connectivity index (χ3v) is 6.76. The zero-order valence-corrected chi connectivity index (χ0v) is 17.8. The second-order valence-corrected chi connectivity index (χ2v) is 9.05. The molecule has 1 aliphatic carbocycles. The van der Waals surface area contributed by atoms with E-state index in [-0.39, 0.29) is 5.92 Å². The number of benzene rings is 1. The zero-order chi connectivity index (χ0) is 21.9. The quantitative estimate of drug-likeness (QED) is 0.578. The first kappa shape index (κ1) is 22.7. The molecule has 3 rings (SSSR count). The Morgan fingerprint density at radius 1 is 1.17 bits per heavy atom. The molecular formula is C22H26F4N2OS. The van der Waals surface area contributed by atoms with E-state index in [1.54, 1.807) is 11.3 Å². The first-order valence-corrected chi connectivity index (χ1v) is 10.9. The minimum atomic E-state index is -4.92. The van der Waals surface area contributed by atoms with Gasteiger partial charge in [-0.05, 0) is 75.2 Å². The molecule has 1 N–H and O–H groups in total. The van der Waals surface area contributed by atoms with Gasteiger partial charge < -0.3 is 10.2 Å². The number of halogens is 4. The van der Waals surface area contributed by atoms with E-state index in [1.165, 1.54) is 4.88 Å². The summed E-state index contributed by atoms with van der Waals surface area (Å²) in [6.45, 7) is 0.297. The van der Waals surface area contributed by atoms with Crippen LogP contribution < -0.4 is 5.32 Å². The van der Waals surface area contributed by atoms with Gasteiger partial charge in [0, 0.05) is 17.5 Å². The van der Waals surface area contributed by atoms with E-state index in [1.807, 2.05) is 0 Å². The highest BCUT2D eigenvalue weighted by Crippen LogP contribution is 2.40. The van der Waals surface area contributed by atoms with Gasteiger partial charge in [0.1, 0.15) is 11.4 Å². The summed E-state index contributed by atoms with van der Waals surface area (Å²) in [5.41, 5.74) is -2.17. The number of rotatable bonds is 6. The van der Waals surface area contributed by atoms with Gasteiger partial charge in [0.05, 0.1) is 5.56 Å². The molecular weight excluding hydrogens is 416 g/mol. The molecule has 2 aromatic rings. The van der Waals surface area contributed by atoms with E-state index in [4.69, 9.17) is 0 Å².